The predicted octanol–water partition coefficient (Wildman–Crippen LogP) is 1.30. The number of rotatable bonds is 7. The quantitative estimate of drug-likeness (QED) is 0.742. The van der Waals surface area contributed by atoms with Gasteiger partial charge in [0.05, 0.1) is 20.3 Å². The molecule has 6 heteroatoms. The Morgan fingerprint density at radius 2 is 1.72 bits per heavy atom. The van der Waals surface area contributed by atoms with Gasteiger partial charge in [-0.15, -0.1) is 0 Å². The van der Waals surface area contributed by atoms with Gasteiger partial charge < -0.3 is 19.9 Å². The zero-order valence-electron chi connectivity index (χ0n) is 17.2. The van der Waals surface area contributed by atoms with Gasteiger partial charge in [-0.25, -0.2) is 0 Å². The molecule has 1 aliphatic rings. The first-order valence-corrected chi connectivity index (χ1v) is 10.2. The molecule has 1 saturated heterocycles. The summed E-state index contributed by atoms with van der Waals surface area (Å²) in [4.78, 5) is 28.7. The minimum atomic E-state index is -0.429. The maximum atomic E-state index is 13.3. The van der Waals surface area contributed by atoms with Crippen LogP contribution in [0.2, 0.25) is 0 Å². The molecule has 2 N–H and O–H groups in total. The summed E-state index contributed by atoms with van der Waals surface area (Å²) in [5.74, 6) is -0.0575. The lowest BCUT2D eigenvalue weighted by atomic mass is 10.0. The molecule has 1 aliphatic heterocycles. The summed E-state index contributed by atoms with van der Waals surface area (Å²) in [6.07, 6.45) is 0.849. The average molecular weight is 397 g/mol. The number of nitrogens with one attached hydrogen (secondary N) is 2. The molecule has 0 bridgehead atoms. The zero-order valence-corrected chi connectivity index (χ0v) is 17.2. The van der Waals surface area contributed by atoms with Crippen molar-refractivity contribution in [3.63, 3.8) is 0 Å². The van der Waals surface area contributed by atoms with Crippen molar-refractivity contribution in [3.8, 4) is 0 Å². The topological polar surface area (TPSA) is 63.1 Å². The van der Waals surface area contributed by atoms with Gasteiger partial charge in [0.2, 0.25) is 0 Å². The highest BCUT2D eigenvalue weighted by Crippen LogP contribution is 2.16. The minimum Gasteiger partial charge on any atom is -0.378 e. The van der Waals surface area contributed by atoms with Gasteiger partial charge in [0.25, 0.3) is 11.8 Å². The van der Waals surface area contributed by atoms with E-state index in [0.717, 1.165) is 28.1 Å². The van der Waals surface area contributed by atoms with Crippen LogP contribution in [-0.2, 0) is 20.7 Å². The van der Waals surface area contributed by atoms with Crippen LogP contribution in [0.25, 0.3) is 0 Å². The lowest BCUT2D eigenvalue weighted by Crippen LogP contribution is -3.11. The number of morpholine rings is 1. The van der Waals surface area contributed by atoms with Crippen molar-refractivity contribution in [2.45, 2.75) is 19.4 Å². The second-order valence-corrected chi connectivity index (χ2v) is 7.36. The summed E-state index contributed by atoms with van der Waals surface area (Å²) in [5, 5.41) is 3.01. The first kappa shape index (κ1) is 21.0. The number of para-hydroxylation sites is 1. The molecule has 0 saturated carbocycles. The Labute approximate surface area is 172 Å². The van der Waals surface area contributed by atoms with Crippen LogP contribution in [0.15, 0.2) is 54.6 Å². The number of aryl methyl sites for hydroxylation is 1. The lowest BCUT2D eigenvalue weighted by molar-refractivity contribution is -0.894. The molecule has 154 valence electrons. The predicted molar refractivity (Wildman–Crippen MR) is 113 cm³/mol. The molecular formula is C23H30N3O3+. The molecule has 0 spiro atoms. The number of carbonyl (C=O) groups is 2. The van der Waals surface area contributed by atoms with Crippen molar-refractivity contribution in [2.75, 3.05) is 45.2 Å². The average Bonchev–Trinajstić information content (AvgIpc) is 2.75. The standard InChI is InChI=1S/C23H29N3O3/c1-3-18-9-7-8-12-20(18)24-21(27)17-25(2)22(19-10-5-4-6-11-19)23(28)26-13-15-29-16-14-26/h4-12,22H,3,13-17H2,1-2H3,(H,24,27)/p+1/t22-/m1/s1. The fourth-order valence-electron chi connectivity index (χ4n) is 3.75. The van der Waals surface area contributed by atoms with E-state index in [0.29, 0.717) is 26.3 Å². The molecular weight excluding hydrogens is 366 g/mol. The molecule has 1 fully saturated rings. The van der Waals surface area contributed by atoms with E-state index in [1.54, 1.807) is 0 Å². The van der Waals surface area contributed by atoms with E-state index in [9.17, 15) is 9.59 Å². The fourth-order valence-corrected chi connectivity index (χ4v) is 3.75. The Hall–Kier alpha value is -2.70. The summed E-state index contributed by atoms with van der Waals surface area (Å²) >= 11 is 0. The molecule has 0 aromatic heterocycles. The molecule has 2 atom stereocenters. The van der Waals surface area contributed by atoms with Crippen molar-refractivity contribution in [3.05, 3.63) is 65.7 Å². The van der Waals surface area contributed by atoms with Gasteiger partial charge in [-0.05, 0) is 18.1 Å². The third-order valence-corrected chi connectivity index (χ3v) is 5.31. The second-order valence-electron chi connectivity index (χ2n) is 7.36. The van der Waals surface area contributed by atoms with Crippen LogP contribution in [-0.4, -0.2) is 56.6 Å². The number of likely N-dealkylation sites (N-methyl/N-ethyl adjacent to an activating group) is 1. The van der Waals surface area contributed by atoms with Crippen molar-refractivity contribution < 1.29 is 19.2 Å². The normalized spacial score (nSPS) is 16.1. The van der Waals surface area contributed by atoms with Gasteiger partial charge in [0.1, 0.15) is 0 Å². The first-order valence-electron chi connectivity index (χ1n) is 10.2. The Morgan fingerprint density at radius 3 is 2.41 bits per heavy atom. The Balaban J connectivity index is 1.74. The van der Waals surface area contributed by atoms with Crippen molar-refractivity contribution in [1.82, 2.24) is 4.90 Å². The number of anilines is 1. The monoisotopic (exact) mass is 396 g/mol. The highest BCUT2D eigenvalue weighted by atomic mass is 16.5. The molecule has 2 amide bonds. The first-order chi connectivity index (χ1) is 14.1. The van der Waals surface area contributed by atoms with Gasteiger partial charge in [-0.1, -0.05) is 55.5 Å². The number of carbonyl (C=O) groups excluding carboxylic acids is 2. The highest BCUT2D eigenvalue weighted by Gasteiger charge is 2.34. The van der Waals surface area contributed by atoms with E-state index in [1.165, 1.54) is 0 Å². The van der Waals surface area contributed by atoms with Crippen LogP contribution in [0.4, 0.5) is 5.69 Å². The smallest absolute Gasteiger partial charge is 0.285 e. The molecule has 6 nitrogen and oxygen atoms in total. The third-order valence-electron chi connectivity index (χ3n) is 5.31. The van der Waals surface area contributed by atoms with Gasteiger partial charge in [-0.2, -0.15) is 0 Å². The molecule has 3 rings (SSSR count). The summed E-state index contributed by atoms with van der Waals surface area (Å²) in [6.45, 7) is 4.56. The largest absolute Gasteiger partial charge is 0.378 e. The molecule has 0 radical (unpaired) electrons. The van der Waals surface area contributed by atoms with Gasteiger partial charge in [0, 0.05) is 24.3 Å². The van der Waals surface area contributed by atoms with Gasteiger partial charge in [0.15, 0.2) is 12.6 Å². The van der Waals surface area contributed by atoms with E-state index in [-0.39, 0.29) is 18.4 Å². The maximum Gasteiger partial charge on any atom is 0.285 e. The molecule has 29 heavy (non-hydrogen) atoms. The molecule has 2 aromatic rings. The molecule has 2 aromatic carbocycles. The van der Waals surface area contributed by atoms with Crippen molar-refractivity contribution in [2.24, 2.45) is 0 Å². The van der Waals surface area contributed by atoms with Crippen molar-refractivity contribution in [1.29, 1.82) is 0 Å². The van der Waals surface area contributed by atoms with E-state index in [4.69, 9.17) is 4.74 Å². The number of hydrogen-bond donors (Lipinski definition) is 2. The van der Waals surface area contributed by atoms with Crippen LogP contribution in [0.5, 0.6) is 0 Å². The van der Waals surface area contributed by atoms with Crippen LogP contribution in [0, 0.1) is 0 Å². The van der Waals surface area contributed by atoms with E-state index >= 15 is 0 Å². The second kappa shape index (κ2) is 10.2. The highest BCUT2D eigenvalue weighted by molar-refractivity contribution is 5.92. The summed E-state index contributed by atoms with van der Waals surface area (Å²) in [5.41, 5.74) is 2.86. The minimum absolute atomic E-state index is 0.0405. The Morgan fingerprint density at radius 1 is 1.07 bits per heavy atom. The molecule has 0 aliphatic carbocycles. The fraction of sp³-hybridized carbons (Fsp3) is 0.391. The third kappa shape index (κ3) is 5.43. The number of ether oxygens (including phenoxy) is 1. The lowest BCUT2D eigenvalue weighted by Gasteiger charge is -2.32. The number of amides is 2. The Kier molecular flexibility index (Phi) is 7.38. The van der Waals surface area contributed by atoms with Crippen LogP contribution in [0.3, 0.4) is 0 Å². The summed E-state index contributed by atoms with van der Waals surface area (Å²) in [6, 6.07) is 17.1. The van der Waals surface area contributed by atoms with Crippen LogP contribution in [0.1, 0.15) is 24.1 Å². The maximum absolute atomic E-state index is 13.3. The summed E-state index contributed by atoms with van der Waals surface area (Å²) in [7, 11) is 1.90. The van der Waals surface area contributed by atoms with E-state index in [1.807, 2.05) is 66.5 Å². The zero-order chi connectivity index (χ0) is 20.6. The van der Waals surface area contributed by atoms with E-state index in [2.05, 4.69) is 12.2 Å². The SMILES string of the molecule is CCc1ccccc1NC(=O)C[NH+](C)[C@@H](C(=O)N1CCOCC1)c1ccccc1. The van der Waals surface area contributed by atoms with Crippen LogP contribution >= 0.6 is 0 Å². The van der Waals surface area contributed by atoms with Gasteiger partial charge >= 0.3 is 0 Å². The number of benzene rings is 2. The van der Waals surface area contributed by atoms with Crippen LogP contribution < -0.4 is 10.2 Å². The molecule has 1 heterocycles. The van der Waals surface area contributed by atoms with Gasteiger partial charge in [-0.3, -0.25) is 9.59 Å². The summed E-state index contributed by atoms with van der Waals surface area (Å²) < 4.78 is 5.38. The number of nitrogens with zero attached hydrogens (tertiary/aromatic N) is 1. The Bertz CT molecular complexity index is 819. The van der Waals surface area contributed by atoms with Crippen molar-refractivity contribution >= 4 is 17.5 Å². The number of quaternary nitrogens is 1. The molecule has 1 unspecified atom stereocenters. The van der Waals surface area contributed by atoms with E-state index < -0.39 is 6.04 Å². The number of hydrogen-bond acceptors (Lipinski definition) is 3.